The van der Waals surface area contributed by atoms with Gasteiger partial charge < -0.3 is 15.1 Å². The first-order valence-electron chi connectivity index (χ1n) is 5.84. The van der Waals surface area contributed by atoms with Crippen LogP contribution in [0.3, 0.4) is 0 Å². The maximum Gasteiger partial charge on any atom is 0.287 e. The highest BCUT2D eigenvalue weighted by molar-refractivity contribution is 5.91. The van der Waals surface area contributed by atoms with Gasteiger partial charge in [-0.15, -0.1) is 0 Å². The minimum absolute atomic E-state index is 0.125. The van der Waals surface area contributed by atoms with E-state index in [1.807, 2.05) is 6.92 Å². The molecule has 1 amide bonds. The molecule has 2 heterocycles. The van der Waals surface area contributed by atoms with E-state index in [1.165, 1.54) is 12.8 Å². The summed E-state index contributed by atoms with van der Waals surface area (Å²) in [6.07, 6.45) is 3.62. The zero-order chi connectivity index (χ0) is 11.4. The second-order valence-electron chi connectivity index (χ2n) is 4.27. The Hall–Kier alpha value is -1.29. The first-order valence-corrected chi connectivity index (χ1v) is 5.84. The number of amides is 1. The van der Waals surface area contributed by atoms with E-state index in [2.05, 4.69) is 10.6 Å². The van der Waals surface area contributed by atoms with Crippen LogP contribution in [0.5, 0.6) is 0 Å². The largest absolute Gasteiger partial charge is 0.456 e. The molecule has 0 saturated carbocycles. The van der Waals surface area contributed by atoms with Crippen LogP contribution in [-0.2, 0) is 0 Å². The van der Waals surface area contributed by atoms with Crippen LogP contribution in [0.15, 0.2) is 16.5 Å². The number of piperidine rings is 1. The van der Waals surface area contributed by atoms with Gasteiger partial charge in [-0.2, -0.15) is 0 Å². The standard InChI is InChI=1S/C12H18N2O2/c1-9-5-6-11(16-9)12(15)14-8-10-4-2-3-7-13-10/h5-6,10,13H,2-4,7-8H2,1H3,(H,14,15). The van der Waals surface area contributed by atoms with Gasteiger partial charge in [0, 0.05) is 12.6 Å². The minimum Gasteiger partial charge on any atom is -0.456 e. The topological polar surface area (TPSA) is 54.3 Å². The second-order valence-corrected chi connectivity index (χ2v) is 4.27. The zero-order valence-corrected chi connectivity index (χ0v) is 9.58. The summed E-state index contributed by atoms with van der Waals surface area (Å²) in [4.78, 5) is 11.7. The highest BCUT2D eigenvalue weighted by Crippen LogP contribution is 2.08. The lowest BCUT2D eigenvalue weighted by molar-refractivity contribution is 0.0918. The van der Waals surface area contributed by atoms with Crippen LogP contribution in [0.1, 0.15) is 35.6 Å². The molecule has 1 aromatic rings. The molecule has 1 saturated heterocycles. The summed E-state index contributed by atoms with van der Waals surface area (Å²) in [6, 6.07) is 3.92. The average molecular weight is 222 g/mol. The molecule has 1 atom stereocenters. The van der Waals surface area contributed by atoms with Crippen molar-refractivity contribution < 1.29 is 9.21 Å². The molecule has 88 valence electrons. The van der Waals surface area contributed by atoms with Gasteiger partial charge in [-0.05, 0) is 38.4 Å². The fraction of sp³-hybridized carbons (Fsp3) is 0.583. The van der Waals surface area contributed by atoms with Crippen molar-refractivity contribution in [3.05, 3.63) is 23.7 Å². The third-order valence-electron chi connectivity index (χ3n) is 2.89. The lowest BCUT2D eigenvalue weighted by atomic mass is 10.1. The molecule has 0 aliphatic carbocycles. The summed E-state index contributed by atoms with van der Waals surface area (Å²) in [5, 5.41) is 6.27. The van der Waals surface area contributed by atoms with Gasteiger partial charge in [0.25, 0.3) is 5.91 Å². The summed E-state index contributed by atoms with van der Waals surface area (Å²) in [6.45, 7) is 3.57. The van der Waals surface area contributed by atoms with E-state index in [4.69, 9.17) is 4.42 Å². The molecule has 2 N–H and O–H groups in total. The molecule has 16 heavy (non-hydrogen) atoms. The van der Waals surface area contributed by atoms with Crippen LogP contribution in [0.4, 0.5) is 0 Å². The minimum atomic E-state index is -0.125. The Labute approximate surface area is 95.4 Å². The number of aryl methyl sites for hydroxylation is 1. The molecule has 1 aliphatic rings. The molecule has 1 fully saturated rings. The summed E-state index contributed by atoms with van der Waals surface area (Å²) in [5.41, 5.74) is 0. The summed E-state index contributed by atoms with van der Waals surface area (Å²) >= 11 is 0. The van der Waals surface area contributed by atoms with Gasteiger partial charge in [0.15, 0.2) is 5.76 Å². The Morgan fingerprint density at radius 1 is 1.56 bits per heavy atom. The normalized spacial score (nSPS) is 20.7. The molecule has 1 aliphatic heterocycles. The van der Waals surface area contributed by atoms with Crippen molar-refractivity contribution in [1.29, 1.82) is 0 Å². The lowest BCUT2D eigenvalue weighted by Crippen LogP contribution is -2.43. The quantitative estimate of drug-likeness (QED) is 0.814. The van der Waals surface area contributed by atoms with E-state index < -0.39 is 0 Å². The molecule has 4 heteroatoms. The number of furan rings is 1. The molecule has 0 bridgehead atoms. The number of carbonyl (C=O) groups excluding carboxylic acids is 1. The molecule has 0 aromatic carbocycles. The van der Waals surface area contributed by atoms with E-state index >= 15 is 0 Å². The van der Waals surface area contributed by atoms with Crippen molar-refractivity contribution in [3.8, 4) is 0 Å². The Bertz CT molecular complexity index is 354. The fourth-order valence-electron chi connectivity index (χ4n) is 1.96. The number of rotatable bonds is 3. The molecular formula is C12H18N2O2. The van der Waals surface area contributed by atoms with E-state index in [0.717, 1.165) is 18.7 Å². The number of nitrogens with one attached hydrogen (secondary N) is 2. The molecule has 2 rings (SSSR count). The number of hydrogen-bond donors (Lipinski definition) is 2. The summed E-state index contributed by atoms with van der Waals surface area (Å²) in [7, 11) is 0. The molecule has 1 aromatic heterocycles. The monoisotopic (exact) mass is 222 g/mol. The van der Waals surface area contributed by atoms with Crippen molar-refractivity contribution in [2.24, 2.45) is 0 Å². The first kappa shape index (κ1) is 11.2. The van der Waals surface area contributed by atoms with Crippen LogP contribution in [0.25, 0.3) is 0 Å². The first-order chi connectivity index (χ1) is 7.75. The van der Waals surface area contributed by atoms with Crippen LogP contribution in [0.2, 0.25) is 0 Å². The van der Waals surface area contributed by atoms with Crippen LogP contribution in [-0.4, -0.2) is 25.0 Å². The van der Waals surface area contributed by atoms with E-state index in [9.17, 15) is 4.79 Å². The van der Waals surface area contributed by atoms with E-state index in [-0.39, 0.29) is 5.91 Å². The van der Waals surface area contributed by atoms with Gasteiger partial charge in [0.1, 0.15) is 5.76 Å². The van der Waals surface area contributed by atoms with E-state index in [0.29, 0.717) is 18.3 Å². The van der Waals surface area contributed by atoms with E-state index in [1.54, 1.807) is 12.1 Å². The Morgan fingerprint density at radius 2 is 2.44 bits per heavy atom. The van der Waals surface area contributed by atoms with Gasteiger partial charge in [0.05, 0.1) is 0 Å². The highest BCUT2D eigenvalue weighted by atomic mass is 16.3. The van der Waals surface area contributed by atoms with Crippen molar-refractivity contribution in [2.45, 2.75) is 32.2 Å². The molecule has 0 radical (unpaired) electrons. The molecule has 1 unspecified atom stereocenters. The predicted octanol–water partition coefficient (Wildman–Crippen LogP) is 1.46. The Kier molecular flexibility index (Phi) is 3.62. The van der Waals surface area contributed by atoms with Crippen molar-refractivity contribution in [1.82, 2.24) is 10.6 Å². The summed E-state index contributed by atoms with van der Waals surface area (Å²) < 4.78 is 5.25. The number of hydrogen-bond acceptors (Lipinski definition) is 3. The SMILES string of the molecule is Cc1ccc(C(=O)NCC2CCCCN2)o1. The molecule has 0 spiro atoms. The number of carbonyl (C=O) groups is 1. The summed E-state index contributed by atoms with van der Waals surface area (Å²) in [5.74, 6) is 1.04. The van der Waals surface area contributed by atoms with Gasteiger partial charge >= 0.3 is 0 Å². The van der Waals surface area contributed by atoms with Gasteiger partial charge in [-0.1, -0.05) is 6.42 Å². The van der Waals surface area contributed by atoms with Crippen LogP contribution < -0.4 is 10.6 Å². The molecular weight excluding hydrogens is 204 g/mol. The maximum absolute atomic E-state index is 11.7. The van der Waals surface area contributed by atoms with Gasteiger partial charge in [-0.3, -0.25) is 4.79 Å². The maximum atomic E-state index is 11.7. The van der Waals surface area contributed by atoms with Gasteiger partial charge in [0.2, 0.25) is 0 Å². The zero-order valence-electron chi connectivity index (χ0n) is 9.58. The lowest BCUT2D eigenvalue weighted by Gasteiger charge is -2.23. The van der Waals surface area contributed by atoms with Crippen molar-refractivity contribution in [2.75, 3.05) is 13.1 Å². The highest BCUT2D eigenvalue weighted by Gasteiger charge is 2.15. The average Bonchev–Trinajstić information content (AvgIpc) is 2.74. The molecule has 4 nitrogen and oxygen atoms in total. The Morgan fingerprint density at radius 3 is 3.06 bits per heavy atom. The smallest absolute Gasteiger partial charge is 0.287 e. The van der Waals surface area contributed by atoms with Crippen LogP contribution >= 0.6 is 0 Å². The van der Waals surface area contributed by atoms with Crippen molar-refractivity contribution >= 4 is 5.91 Å². The fourth-order valence-corrected chi connectivity index (χ4v) is 1.96. The third kappa shape index (κ3) is 2.85. The second kappa shape index (κ2) is 5.16. The predicted molar refractivity (Wildman–Crippen MR) is 61.4 cm³/mol. The Balaban J connectivity index is 1.79. The third-order valence-corrected chi connectivity index (χ3v) is 2.89. The van der Waals surface area contributed by atoms with Gasteiger partial charge in [-0.25, -0.2) is 0 Å². The van der Waals surface area contributed by atoms with Crippen molar-refractivity contribution in [3.63, 3.8) is 0 Å². The van der Waals surface area contributed by atoms with Crippen LogP contribution in [0, 0.1) is 6.92 Å².